The van der Waals surface area contributed by atoms with Crippen LogP contribution >= 0.6 is 0 Å². The molecule has 1 rings (SSSR count). The van der Waals surface area contributed by atoms with E-state index in [-0.39, 0.29) is 30.8 Å². The molecule has 1 saturated heterocycles. The van der Waals surface area contributed by atoms with Gasteiger partial charge in [0, 0.05) is 19.3 Å². The van der Waals surface area contributed by atoms with Gasteiger partial charge in [0.25, 0.3) is 0 Å². The summed E-state index contributed by atoms with van der Waals surface area (Å²) >= 11 is 0. The third-order valence-corrected chi connectivity index (χ3v) is 2.87. The molecule has 5 nitrogen and oxygen atoms in total. The molecule has 0 saturated carbocycles. The van der Waals surface area contributed by atoms with Gasteiger partial charge in [-0.3, -0.25) is 0 Å². The zero-order valence-electron chi connectivity index (χ0n) is 10.0. The zero-order valence-corrected chi connectivity index (χ0v) is 10.0. The summed E-state index contributed by atoms with van der Waals surface area (Å²) in [6, 6.07) is 0.0580. The van der Waals surface area contributed by atoms with Crippen molar-refractivity contribution in [2.75, 3.05) is 13.2 Å². The highest BCUT2D eigenvalue weighted by Gasteiger charge is 2.25. The van der Waals surface area contributed by atoms with Crippen LogP contribution in [0.5, 0.6) is 0 Å². The maximum atomic E-state index is 11.6. The molecule has 3 unspecified atom stereocenters. The molecule has 0 aliphatic carbocycles. The number of hydrogen-bond acceptors (Lipinski definition) is 3. The van der Waals surface area contributed by atoms with E-state index in [1.165, 1.54) is 0 Å². The van der Waals surface area contributed by atoms with Crippen molar-refractivity contribution < 1.29 is 14.6 Å². The Labute approximate surface area is 96.6 Å². The van der Waals surface area contributed by atoms with Crippen LogP contribution in [-0.2, 0) is 4.74 Å². The summed E-state index contributed by atoms with van der Waals surface area (Å²) in [5.74, 6) is 0. The topological polar surface area (TPSA) is 70.6 Å². The molecule has 0 radical (unpaired) electrons. The predicted octanol–water partition coefficient (Wildman–Crippen LogP) is 0.624. The van der Waals surface area contributed by atoms with E-state index in [4.69, 9.17) is 9.84 Å². The van der Waals surface area contributed by atoms with Gasteiger partial charge in [-0.2, -0.15) is 0 Å². The molecule has 1 aliphatic heterocycles. The standard InChI is InChI=1S/C11H22N2O3/c1-8(4-3-6-14)12-11(15)13-10-5-7-16-9(10)2/h8-10,14H,3-7H2,1-2H3,(H2,12,13,15). The fraction of sp³-hybridized carbons (Fsp3) is 0.909. The highest BCUT2D eigenvalue weighted by atomic mass is 16.5. The van der Waals surface area contributed by atoms with Crippen LogP contribution in [0.3, 0.4) is 0 Å². The van der Waals surface area contributed by atoms with E-state index in [0.29, 0.717) is 13.0 Å². The summed E-state index contributed by atoms with van der Waals surface area (Å²) in [6.07, 6.45) is 2.48. The van der Waals surface area contributed by atoms with Crippen LogP contribution < -0.4 is 10.6 Å². The van der Waals surface area contributed by atoms with Crippen molar-refractivity contribution in [3.63, 3.8) is 0 Å². The lowest BCUT2D eigenvalue weighted by atomic mass is 10.1. The highest BCUT2D eigenvalue weighted by Crippen LogP contribution is 2.12. The minimum Gasteiger partial charge on any atom is -0.396 e. The van der Waals surface area contributed by atoms with E-state index < -0.39 is 0 Å². The van der Waals surface area contributed by atoms with Crippen LogP contribution in [0.25, 0.3) is 0 Å². The van der Waals surface area contributed by atoms with Crippen LogP contribution in [0.1, 0.15) is 33.1 Å². The third-order valence-electron chi connectivity index (χ3n) is 2.87. The molecule has 0 spiro atoms. The van der Waals surface area contributed by atoms with Crippen LogP contribution in [0.2, 0.25) is 0 Å². The van der Waals surface area contributed by atoms with E-state index in [0.717, 1.165) is 12.8 Å². The molecule has 0 bridgehead atoms. The maximum Gasteiger partial charge on any atom is 0.315 e. The molecule has 1 fully saturated rings. The number of hydrogen-bond donors (Lipinski definition) is 3. The second-order valence-electron chi connectivity index (χ2n) is 4.36. The molecule has 16 heavy (non-hydrogen) atoms. The van der Waals surface area contributed by atoms with E-state index in [2.05, 4.69) is 10.6 Å². The number of ether oxygens (including phenoxy) is 1. The van der Waals surface area contributed by atoms with Gasteiger partial charge in [-0.1, -0.05) is 0 Å². The third kappa shape index (κ3) is 4.37. The number of amides is 2. The van der Waals surface area contributed by atoms with Gasteiger partial charge >= 0.3 is 6.03 Å². The fourth-order valence-electron chi connectivity index (χ4n) is 1.82. The monoisotopic (exact) mass is 230 g/mol. The molecule has 5 heteroatoms. The lowest BCUT2D eigenvalue weighted by Crippen LogP contribution is -2.47. The van der Waals surface area contributed by atoms with Crippen molar-refractivity contribution in [2.24, 2.45) is 0 Å². The quantitative estimate of drug-likeness (QED) is 0.648. The van der Waals surface area contributed by atoms with Crippen LogP contribution in [0.4, 0.5) is 4.79 Å². The Balaban J connectivity index is 2.19. The smallest absolute Gasteiger partial charge is 0.315 e. The van der Waals surface area contributed by atoms with E-state index >= 15 is 0 Å². The van der Waals surface area contributed by atoms with Crippen molar-refractivity contribution in [1.29, 1.82) is 0 Å². The SMILES string of the molecule is CC(CCCO)NC(=O)NC1CCOC1C. The van der Waals surface area contributed by atoms with Gasteiger partial charge in [0.05, 0.1) is 12.1 Å². The number of carbonyl (C=O) groups excluding carboxylic acids is 1. The molecule has 1 aliphatic rings. The maximum absolute atomic E-state index is 11.6. The average Bonchev–Trinajstić information content (AvgIpc) is 2.61. The summed E-state index contributed by atoms with van der Waals surface area (Å²) in [5, 5.41) is 14.4. The van der Waals surface area contributed by atoms with Crippen molar-refractivity contribution in [2.45, 2.75) is 51.3 Å². The minimum absolute atomic E-state index is 0.0878. The van der Waals surface area contributed by atoms with Gasteiger partial charge in [0.15, 0.2) is 0 Å². The van der Waals surface area contributed by atoms with Crippen molar-refractivity contribution >= 4 is 6.03 Å². The number of aliphatic hydroxyl groups is 1. The molecule has 0 aromatic heterocycles. The molecule has 3 N–H and O–H groups in total. The Morgan fingerprint density at radius 1 is 1.62 bits per heavy atom. The molecular formula is C11H22N2O3. The molecule has 1 heterocycles. The lowest BCUT2D eigenvalue weighted by Gasteiger charge is -2.19. The Kier molecular flexibility index (Phi) is 5.55. The summed E-state index contributed by atoms with van der Waals surface area (Å²) < 4.78 is 5.36. The Bertz CT molecular complexity index is 223. The van der Waals surface area contributed by atoms with E-state index in [9.17, 15) is 4.79 Å². The first-order valence-electron chi connectivity index (χ1n) is 5.93. The molecule has 94 valence electrons. The van der Waals surface area contributed by atoms with Crippen LogP contribution in [-0.4, -0.2) is 42.5 Å². The minimum atomic E-state index is -0.146. The lowest BCUT2D eigenvalue weighted by molar-refractivity contribution is 0.114. The van der Waals surface area contributed by atoms with Gasteiger partial charge in [-0.15, -0.1) is 0 Å². The summed E-state index contributed by atoms with van der Waals surface area (Å²) in [4.78, 5) is 11.6. The number of carbonyl (C=O) groups is 1. The molecule has 0 aromatic rings. The second kappa shape index (κ2) is 6.70. The van der Waals surface area contributed by atoms with E-state index in [1.54, 1.807) is 0 Å². The highest BCUT2D eigenvalue weighted by molar-refractivity contribution is 5.74. The summed E-state index contributed by atoms with van der Waals surface area (Å²) in [7, 11) is 0. The average molecular weight is 230 g/mol. The van der Waals surface area contributed by atoms with Crippen molar-refractivity contribution in [3.8, 4) is 0 Å². The van der Waals surface area contributed by atoms with Gasteiger partial charge in [-0.05, 0) is 33.1 Å². The second-order valence-corrected chi connectivity index (χ2v) is 4.36. The summed E-state index contributed by atoms with van der Waals surface area (Å²) in [6.45, 7) is 4.78. The van der Waals surface area contributed by atoms with Crippen LogP contribution in [0.15, 0.2) is 0 Å². The first kappa shape index (κ1) is 13.3. The molecule has 3 atom stereocenters. The van der Waals surface area contributed by atoms with Gasteiger partial charge < -0.3 is 20.5 Å². The fourth-order valence-corrected chi connectivity index (χ4v) is 1.82. The van der Waals surface area contributed by atoms with Gasteiger partial charge in [-0.25, -0.2) is 4.79 Å². The van der Waals surface area contributed by atoms with E-state index in [1.807, 2.05) is 13.8 Å². The Hall–Kier alpha value is -0.810. The van der Waals surface area contributed by atoms with Crippen molar-refractivity contribution in [1.82, 2.24) is 10.6 Å². The molecule has 2 amide bonds. The zero-order chi connectivity index (χ0) is 12.0. The predicted molar refractivity (Wildman–Crippen MR) is 61.3 cm³/mol. The van der Waals surface area contributed by atoms with Gasteiger partial charge in [0.1, 0.15) is 0 Å². The van der Waals surface area contributed by atoms with Crippen molar-refractivity contribution in [3.05, 3.63) is 0 Å². The number of aliphatic hydroxyl groups excluding tert-OH is 1. The normalized spacial score (nSPS) is 26.4. The number of rotatable bonds is 5. The number of nitrogens with one attached hydrogen (secondary N) is 2. The largest absolute Gasteiger partial charge is 0.396 e. The first-order chi connectivity index (χ1) is 7.63. The Morgan fingerprint density at radius 3 is 2.94 bits per heavy atom. The Morgan fingerprint density at radius 2 is 2.38 bits per heavy atom. The molecular weight excluding hydrogens is 208 g/mol. The summed E-state index contributed by atoms with van der Waals surface area (Å²) in [5.41, 5.74) is 0. The van der Waals surface area contributed by atoms with Gasteiger partial charge in [0.2, 0.25) is 0 Å². The number of urea groups is 1. The van der Waals surface area contributed by atoms with Crippen LogP contribution in [0, 0.1) is 0 Å². The molecule has 0 aromatic carbocycles. The first-order valence-corrected chi connectivity index (χ1v) is 5.93.